The number of carbonyl (C=O) groups is 3. The van der Waals surface area contributed by atoms with E-state index in [1.165, 1.54) is 50.5 Å². The number of hydrogen-bond donors (Lipinski definition) is 2. The van der Waals surface area contributed by atoms with E-state index in [-0.39, 0.29) is 18.0 Å². The fraction of sp³-hybridized carbons (Fsp3) is 0.250. The van der Waals surface area contributed by atoms with Crippen molar-refractivity contribution in [1.29, 1.82) is 0 Å². The van der Waals surface area contributed by atoms with Crippen LogP contribution in [0.1, 0.15) is 22.8 Å². The van der Waals surface area contributed by atoms with Crippen LogP contribution < -0.4 is 10.6 Å². The van der Waals surface area contributed by atoms with E-state index < -0.39 is 27.8 Å². The van der Waals surface area contributed by atoms with Gasteiger partial charge >= 0.3 is 17.8 Å². The van der Waals surface area contributed by atoms with Gasteiger partial charge in [-0.3, -0.25) is 9.59 Å². The average Bonchev–Trinajstić information content (AvgIpc) is 2.72. The Bertz CT molecular complexity index is 1020. The van der Waals surface area contributed by atoms with Gasteiger partial charge < -0.3 is 15.4 Å². The zero-order valence-corrected chi connectivity index (χ0v) is 17.7. The lowest BCUT2D eigenvalue weighted by Gasteiger charge is -2.12. The largest absolute Gasteiger partial charge is 0.462 e. The molecule has 0 atom stereocenters. The minimum absolute atomic E-state index is 0.0519. The SMILES string of the molecule is CCOC(=O)c1ccc(NC(=O)C(=O)NCc2ccc(S(=O)(=O)N(C)C)cc2)cc1. The van der Waals surface area contributed by atoms with Gasteiger partial charge in [0, 0.05) is 26.3 Å². The van der Waals surface area contributed by atoms with Gasteiger partial charge in [-0.2, -0.15) is 0 Å². The summed E-state index contributed by atoms with van der Waals surface area (Å²) in [5.74, 6) is -2.20. The first kappa shape index (κ1) is 23.0. The average molecular weight is 433 g/mol. The third kappa shape index (κ3) is 5.88. The molecule has 0 fully saturated rings. The second kappa shape index (κ2) is 9.99. The first-order valence-electron chi connectivity index (χ1n) is 9.03. The summed E-state index contributed by atoms with van der Waals surface area (Å²) < 4.78 is 30.1. The maximum Gasteiger partial charge on any atom is 0.338 e. The fourth-order valence-electron chi connectivity index (χ4n) is 2.34. The number of ether oxygens (including phenoxy) is 1. The molecular weight excluding hydrogens is 410 g/mol. The van der Waals surface area contributed by atoms with E-state index in [0.717, 1.165) is 4.31 Å². The Hall–Kier alpha value is -3.24. The monoisotopic (exact) mass is 433 g/mol. The summed E-state index contributed by atoms with van der Waals surface area (Å²) in [5.41, 5.74) is 1.31. The third-order valence-electron chi connectivity index (χ3n) is 4.02. The third-order valence-corrected chi connectivity index (χ3v) is 5.84. The van der Waals surface area contributed by atoms with E-state index in [4.69, 9.17) is 4.74 Å². The Morgan fingerprint density at radius 3 is 2.07 bits per heavy atom. The summed E-state index contributed by atoms with van der Waals surface area (Å²) in [6.07, 6.45) is 0. The smallest absolute Gasteiger partial charge is 0.338 e. The molecule has 0 radical (unpaired) electrons. The quantitative estimate of drug-likeness (QED) is 0.502. The van der Waals surface area contributed by atoms with Gasteiger partial charge in [-0.05, 0) is 48.9 Å². The molecule has 30 heavy (non-hydrogen) atoms. The number of rotatable bonds is 7. The van der Waals surface area contributed by atoms with Crippen LogP contribution in [0.15, 0.2) is 53.4 Å². The van der Waals surface area contributed by atoms with E-state index in [1.54, 1.807) is 19.1 Å². The van der Waals surface area contributed by atoms with Gasteiger partial charge in [-0.1, -0.05) is 12.1 Å². The lowest BCUT2D eigenvalue weighted by molar-refractivity contribution is -0.136. The number of nitrogens with one attached hydrogen (secondary N) is 2. The highest BCUT2D eigenvalue weighted by Crippen LogP contribution is 2.14. The number of hydrogen-bond acceptors (Lipinski definition) is 6. The van der Waals surface area contributed by atoms with Crippen LogP contribution in [0, 0.1) is 0 Å². The molecule has 0 aliphatic rings. The second-order valence-corrected chi connectivity index (χ2v) is 8.52. The molecule has 0 unspecified atom stereocenters. The summed E-state index contributed by atoms with van der Waals surface area (Å²) >= 11 is 0. The van der Waals surface area contributed by atoms with Crippen LogP contribution in [-0.2, 0) is 30.9 Å². The lowest BCUT2D eigenvalue weighted by Crippen LogP contribution is -2.35. The molecule has 2 aromatic carbocycles. The van der Waals surface area contributed by atoms with E-state index in [0.29, 0.717) is 16.8 Å². The number of sulfonamides is 1. The molecule has 0 saturated heterocycles. The van der Waals surface area contributed by atoms with Crippen molar-refractivity contribution in [1.82, 2.24) is 9.62 Å². The maximum atomic E-state index is 12.0. The molecule has 0 saturated carbocycles. The van der Waals surface area contributed by atoms with Gasteiger partial charge in [-0.15, -0.1) is 0 Å². The van der Waals surface area contributed by atoms with Crippen molar-refractivity contribution < 1.29 is 27.5 Å². The Morgan fingerprint density at radius 1 is 0.933 bits per heavy atom. The highest BCUT2D eigenvalue weighted by atomic mass is 32.2. The number of benzene rings is 2. The number of nitrogens with zero attached hydrogens (tertiary/aromatic N) is 1. The van der Waals surface area contributed by atoms with Crippen molar-refractivity contribution in [3.05, 3.63) is 59.7 Å². The van der Waals surface area contributed by atoms with Gasteiger partial charge in [-0.25, -0.2) is 17.5 Å². The molecular formula is C20H23N3O6S. The van der Waals surface area contributed by atoms with Gasteiger partial charge in [0.05, 0.1) is 17.1 Å². The highest BCUT2D eigenvalue weighted by Gasteiger charge is 2.17. The van der Waals surface area contributed by atoms with Crippen molar-refractivity contribution in [2.75, 3.05) is 26.0 Å². The number of esters is 1. The molecule has 10 heteroatoms. The van der Waals surface area contributed by atoms with Crippen LogP contribution in [0.4, 0.5) is 5.69 Å². The Morgan fingerprint density at radius 2 is 1.53 bits per heavy atom. The molecule has 2 N–H and O–H groups in total. The van der Waals surface area contributed by atoms with Crippen molar-refractivity contribution in [3.63, 3.8) is 0 Å². The lowest BCUT2D eigenvalue weighted by atomic mass is 10.2. The molecule has 0 aromatic heterocycles. The predicted octanol–water partition coefficient (Wildman–Crippen LogP) is 1.37. The summed E-state index contributed by atoms with van der Waals surface area (Å²) in [6.45, 7) is 2.01. The van der Waals surface area contributed by atoms with Crippen LogP contribution in [-0.4, -0.2) is 51.2 Å². The van der Waals surface area contributed by atoms with Crippen molar-refractivity contribution >= 4 is 33.5 Å². The van der Waals surface area contributed by atoms with Crippen LogP contribution in [0.25, 0.3) is 0 Å². The van der Waals surface area contributed by atoms with Crippen LogP contribution >= 0.6 is 0 Å². The van der Waals surface area contributed by atoms with E-state index in [9.17, 15) is 22.8 Å². The van der Waals surface area contributed by atoms with Gasteiger partial charge in [0.25, 0.3) is 0 Å². The van der Waals surface area contributed by atoms with Crippen LogP contribution in [0.5, 0.6) is 0 Å². The Labute approximate surface area is 175 Å². The zero-order chi connectivity index (χ0) is 22.3. The van der Waals surface area contributed by atoms with Crippen molar-refractivity contribution in [2.45, 2.75) is 18.4 Å². The molecule has 160 valence electrons. The molecule has 0 spiro atoms. The fourth-order valence-corrected chi connectivity index (χ4v) is 3.25. The van der Waals surface area contributed by atoms with Gasteiger partial charge in [0.15, 0.2) is 0 Å². The molecule has 0 heterocycles. The molecule has 2 rings (SSSR count). The van der Waals surface area contributed by atoms with Gasteiger partial charge in [0.2, 0.25) is 10.0 Å². The molecule has 0 aliphatic carbocycles. The first-order chi connectivity index (χ1) is 14.1. The van der Waals surface area contributed by atoms with Crippen LogP contribution in [0.3, 0.4) is 0 Å². The maximum absolute atomic E-state index is 12.0. The molecule has 2 amide bonds. The Kier molecular flexibility index (Phi) is 7.67. The molecule has 9 nitrogen and oxygen atoms in total. The minimum atomic E-state index is -3.53. The number of anilines is 1. The normalized spacial score (nSPS) is 11.1. The molecule has 0 bridgehead atoms. The predicted molar refractivity (Wildman–Crippen MR) is 110 cm³/mol. The topological polar surface area (TPSA) is 122 Å². The van der Waals surface area contributed by atoms with Gasteiger partial charge in [0.1, 0.15) is 0 Å². The van der Waals surface area contributed by atoms with E-state index in [2.05, 4.69) is 10.6 Å². The standard InChI is InChI=1S/C20H23N3O6S/c1-4-29-20(26)15-7-9-16(10-8-15)22-19(25)18(24)21-13-14-5-11-17(12-6-14)30(27,28)23(2)3/h5-12H,4,13H2,1-3H3,(H,21,24)(H,22,25). The zero-order valence-electron chi connectivity index (χ0n) is 16.8. The van der Waals surface area contributed by atoms with E-state index in [1.807, 2.05) is 0 Å². The molecule has 2 aromatic rings. The first-order valence-corrected chi connectivity index (χ1v) is 10.5. The summed E-state index contributed by atoms with van der Waals surface area (Å²) in [7, 11) is -0.658. The minimum Gasteiger partial charge on any atom is -0.462 e. The number of amides is 2. The summed E-state index contributed by atoms with van der Waals surface area (Å²) in [5, 5.41) is 4.89. The highest BCUT2D eigenvalue weighted by molar-refractivity contribution is 7.89. The van der Waals surface area contributed by atoms with Crippen LogP contribution in [0.2, 0.25) is 0 Å². The molecule has 0 aliphatic heterocycles. The Balaban J connectivity index is 1.90. The van der Waals surface area contributed by atoms with Crippen molar-refractivity contribution in [2.24, 2.45) is 0 Å². The summed E-state index contributed by atoms with van der Waals surface area (Å²) in [4.78, 5) is 35.7. The second-order valence-electron chi connectivity index (χ2n) is 6.37. The summed E-state index contributed by atoms with van der Waals surface area (Å²) in [6, 6.07) is 11.9. The number of carbonyl (C=O) groups excluding carboxylic acids is 3. The van der Waals surface area contributed by atoms with E-state index >= 15 is 0 Å². The van der Waals surface area contributed by atoms with Crippen molar-refractivity contribution in [3.8, 4) is 0 Å².